The number of unbranched alkanes of at least 4 members (excludes halogenated alkanes) is 40. The summed E-state index contributed by atoms with van der Waals surface area (Å²) in [5.41, 5.74) is 0. The summed E-state index contributed by atoms with van der Waals surface area (Å²) in [5.74, 6) is -0.795. The number of carbonyl (C=O) groups is 2. The SMILES string of the molecule is CCCCC/C=C\CCCCCCCC(=O)OCC(COP(=O)(O)OCC[N+](C)(C)C)OC(=O)CCCCCCCCCCCCCCCCCCCCCCCCCCCCC/C=C\C/C=C\CCCCCCC. The first-order valence-corrected chi connectivity index (χ1v) is 33.7. The standard InChI is InChI=1S/C65H124NO8P/c1-6-8-10-12-14-16-18-20-21-22-23-24-25-26-27-28-29-30-31-32-33-34-35-36-37-38-39-40-41-42-43-44-45-46-48-50-52-54-56-58-65(68)74-63(62-73-75(69,70)72-60-59-66(3,4)5)61-71-64(67)57-55-53-51-49-47-19-17-15-13-11-9-7-2/h15,17-18,20,22-23,63H,6-14,16,19,21,24-62H2,1-5H3/p+1/b17-15-,20-18-,23-22-. The van der Waals surface area contributed by atoms with Crippen LogP contribution in [0.5, 0.6) is 0 Å². The highest BCUT2D eigenvalue weighted by Crippen LogP contribution is 2.43. The highest BCUT2D eigenvalue weighted by Gasteiger charge is 2.27. The molecule has 9 nitrogen and oxygen atoms in total. The lowest BCUT2D eigenvalue weighted by Crippen LogP contribution is -2.37. The van der Waals surface area contributed by atoms with Crippen molar-refractivity contribution < 1.29 is 42.1 Å². The molecule has 0 aromatic heterocycles. The first kappa shape index (κ1) is 73.2. The van der Waals surface area contributed by atoms with Crippen LogP contribution in [0.4, 0.5) is 0 Å². The predicted octanol–water partition coefficient (Wildman–Crippen LogP) is 20.3. The average molecular weight is 1080 g/mol. The van der Waals surface area contributed by atoms with Crippen LogP contribution in [-0.2, 0) is 32.7 Å². The number of phosphoric acid groups is 1. The molecule has 2 unspecified atom stereocenters. The lowest BCUT2D eigenvalue weighted by atomic mass is 10.0. The molecule has 0 aliphatic heterocycles. The molecule has 0 aliphatic rings. The van der Waals surface area contributed by atoms with E-state index in [-0.39, 0.29) is 32.0 Å². The third-order valence-corrected chi connectivity index (χ3v) is 15.4. The molecular formula is C65H125NO8P+. The highest BCUT2D eigenvalue weighted by atomic mass is 31.2. The molecule has 0 aromatic carbocycles. The predicted molar refractivity (Wildman–Crippen MR) is 321 cm³/mol. The molecule has 0 aliphatic carbocycles. The number of phosphoric ester groups is 1. The van der Waals surface area contributed by atoms with E-state index in [2.05, 4.69) is 50.3 Å². The van der Waals surface area contributed by atoms with Crippen molar-refractivity contribution >= 4 is 19.8 Å². The molecule has 0 saturated heterocycles. The molecule has 0 rings (SSSR count). The van der Waals surface area contributed by atoms with Gasteiger partial charge in [0, 0.05) is 12.8 Å². The molecule has 0 aromatic rings. The summed E-state index contributed by atoms with van der Waals surface area (Å²) in [6.45, 7) is 4.42. The van der Waals surface area contributed by atoms with Gasteiger partial charge in [-0.05, 0) is 70.6 Å². The quantitative estimate of drug-likeness (QED) is 0.0211. The number of ether oxygens (including phenoxy) is 2. The molecule has 0 radical (unpaired) electrons. The van der Waals surface area contributed by atoms with Gasteiger partial charge >= 0.3 is 19.8 Å². The van der Waals surface area contributed by atoms with Crippen molar-refractivity contribution in [2.45, 2.75) is 322 Å². The Kier molecular flexibility index (Phi) is 55.6. The Bertz CT molecular complexity index is 1360. The van der Waals surface area contributed by atoms with Crippen molar-refractivity contribution in [1.29, 1.82) is 0 Å². The molecule has 1 N–H and O–H groups in total. The van der Waals surface area contributed by atoms with Crippen molar-refractivity contribution in [1.82, 2.24) is 0 Å². The molecular weight excluding hydrogens is 954 g/mol. The van der Waals surface area contributed by atoms with E-state index >= 15 is 0 Å². The molecule has 442 valence electrons. The minimum atomic E-state index is -4.38. The van der Waals surface area contributed by atoms with E-state index in [1.54, 1.807) is 0 Å². The molecule has 0 spiro atoms. The first-order valence-electron chi connectivity index (χ1n) is 32.2. The smallest absolute Gasteiger partial charge is 0.462 e. The van der Waals surface area contributed by atoms with Gasteiger partial charge in [-0.2, -0.15) is 0 Å². The van der Waals surface area contributed by atoms with Crippen LogP contribution in [0.25, 0.3) is 0 Å². The van der Waals surface area contributed by atoms with Crippen molar-refractivity contribution in [3.8, 4) is 0 Å². The molecule has 10 heteroatoms. The van der Waals surface area contributed by atoms with Crippen LogP contribution >= 0.6 is 7.82 Å². The summed E-state index contributed by atoms with van der Waals surface area (Å²) in [7, 11) is 1.49. The Balaban J connectivity index is 3.84. The first-order chi connectivity index (χ1) is 36.5. The maximum Gasteiger partial charge on any atom is 0.472 e. The van der Waals surface area contributed by atoms with E-state index in [9.17, 15) is 19.0 Å². The fourth-order valence-electron chi connectivity index (χ4n) is 9.40. The van der Waals surface area contributed by atoms with Gasteiger partial charge in [-0.15, -0.1) is 0 Å². The van der Waals surface area contributed by atoms with Crippen molar-refractivity contribution in [3.63, 3.8) is 0 Å². The van der Waals surface area contributed by atoms with Crippen LogP contribution in [0.3, 0.4) is 0 Å². The van der Waals surface area contributed by atoms with E-state index < -0.39 is 26.5 Å². The molecule has 0 heterocycles. The number of allylic oxidation sites excluding steroid dienone is 6. The number of carbonyl (C=O) groups excluding carboxylic acids is 2. The van der Waals surface area contributed by atoms with Crippen LogP contribution in [0.1, 0.15) is 316 Å². The summed E-state index contributed by atoms with van der Waals surface area (Å²) in [4.78, 5) is 35.6. The van der Waals surface area contributed by atoms with Gasteiger partial charge in [0.1, 0.15) is 19.8 Å². The number of hydrogen-bond donors (Lipinski definition) is 1. The van der Waals surface area contributed by atoms with Crippen molar-refractivity contribution in [2.75, 3.05) is 47.5 Å². The number of nitrogens with zero attached hydrogens (tertiary/aromatic N) is 1. The number of likely N-dealkylation sites (N-methyl/N-ethyl adjacent to an activating group) is 1. The zero-order valence-corrected chi connectivity index (χ0v) is 51.2. The van der Waals surface area contributed by atoms with Gasteiger partial charge in [0.2, 0.25) is 0 Å². The maximum absolute atomic E-state index is 12.8. The number of rotatable bonds is 60. The zero-order chi connectivity index (χ0) is 54.9. The van der Waals surface area contributed by atoms with E-state index in [1.165, 1.54) is 225 Å². The summed E-state index contributed by atoms with van der Waals surface area (Å²) in [5, 5.41) is 0. The lowest BCUT2D eigenvalue weighted by Gasteiger charge is -2.24. The highest BCUT2D eigenvalue weighted by molar-refractivity contribution is 7.47. The minimum absolute atomic E-state index is 0.0327. The summed E-state index contributed by atoms with van der Waals surface area (Å²) < 4.78 is 34.5. The fraction of sp³-hybridized carbons (Fsp3) is 0.877. The summed E-state index contributed by atoms with van der Waals surface area (Å²) >= 11 is 0. The monoisotopic (exact) mass is 1080 g/mol. The molecule has 0 saturated carbocycles. The van der Waals surface area contributed by atoms with E-state index in [4.69, 9.17) is 18.5 Å². The largest absolute Gasteiger partial charge is 0.472 e. The Labute approximate surface area is 465 Å². The fourth-order valence-corrected chi connectivity index (χ4v) is 10.1. The van der Waals surface area contributed by atoms with Crippen LogP contribution in [0.15, 0.2) is 36.5 Å². The molecule has 0 amide bonds. The van der Waals surface area contributed by atoms with Crippen molar-refractivity contribution in [2.24, 2.45) is 0 Å². The van der Waals surface area contributed by atoms with E-state index in [0.717, 1.165) is 57.8 Å². The number of hydrogen-bond acceptors (Lipinski definition) is 7. The summed E-state index contributed by atoms with van der Waals surface area (Å²) in [6, 6.07) is 0. The third-order valence-electron chi connectivity index (χ3n) is 14.4. The second kappa shape index (κ2) is 56.9. The zero-order valence-electron chi connectivity index (χ0n) is 50.3. The average Bonchev–Trinajstić information content (AvgIpc) is 3.37. The second-order valence-corrected chi connectivity index (χ2v) is 24.6. The topological polar surface area (TPSA) is 108 Å². The van der Waals surface area contributed by atoms with Gasteiger partial charge in [-0.1, -0.05) is 269 Å². The van der Waals surface area contributed by atoms with Crippen LogP contribution in [0.2, 0.25) is 0 Å². The molecule has 0 bridgehead atoms. The number of esters is 2. The number of quaternary nitrogens is 1. The third kappa shape index (κ3) is 61.3. The van der Waals surface area contributed by atoms with Gasteiger partial charge in [0.05, 0.1) is 27.7 Å². The summed E-state index contributed by atoms with van der Waals surface area (Å²) in [6.07, 6.45) is 71.2. The van der Waals surface area contributed by atoms with Gasteiger partial charge in [0.25, 0.3) is 0 Å². The van der Waals surface area contributed by atoms with E-state index in [1.807, 2.05) is 21.1 Å². The maximum atomic E-state index is 12.8. The normalized spacial score (nSPS) is 13.4. The van der Waals surface area contributed by atoms with Crippen LogP contribution in [-0.4, -0.2) is 74.9 Å². The molecule has 75 heavy (non-hydrogen) atoms. The van der Waals surface area contributed by atoms with Gasteiger partial charge in [-0.3, -0.25) is 18.6 Å². The van der Waals surface area contributed by atoms with Gasteiger partial charge < -0.3 is 18.9 Å². The lowest BCUT2D eigenvalue weighted by molar-refractivity contribution is -0.870. The minimum Gasteiger partial charge on any atom is -0.462 e. The van der Waals surface area contributed by atoms with Gasteiger partial charge in [0.15, 0.2) is 6.10 Å². The molecule has 2 atom stereocenters. The Hall–Kier alpha value is -1.77. The Morgan fingerprint density at radius 2 is 0.720 bits per heavy atom. The Morgan fingerprint density at radius 1 is 0.413 bits per heavy atom. The Morgan fingerprint density at radius 3 is 1.09 bits per heavy atom. The van der Waals surface area contributed by atoms with Crippen LogP contribution in [0, 0.1) is 0 Å². The van der Waals surface area contributed by atoms with Crippen LogP contribution < -0.4 is 0 Å². The van der Waals surface area contributed by atoms with Gasteiger partial charge in [-0.25, -0.2) is 4.57 Å². The van der Waals surface area contributed by atoms with E-state index in [0.29, 0.717) is 17.4 Å². The van der Waals surface area contributed by atoms with Crippen molar-refractivity contribution in [3.05, 3.63) is 36.5 Å². The molecule has 0 fully saturated rings. The second-order valence-electron chi connectivity index (χ2n) is 23.1.